The Kier molecular flexibility index (Phi) is 3.17. The number of ether oxygens (including phenoxy) is 2. The second-order valence-electron chi connectivity index (χ2n) is 4.45. The molecule has 1 aromatic heterocycles. The molecule has 2 heterocycles. The van der Waals surface area contributed by atoms with Crippen LogP contribution in [-0.2, 0) is 16.1 Å². The van der Waals surface area contributed by atoms with Gasteiger partial charge in [0.25, 0.3) is 0 Å². The van der Waals surface area contributed by atoms with Gasteiger partial charge in [-0.1, -0.05) is 6.07 Å². The smallest absolute Gasteiger partial charge is 0.221 e. The molecule has 1 aromatic carbocycles. The second-order valence-corrected chi connectivity index (χ2v) is 4.45. The molecule has 1 aliphatic rings. The lowest BCUT2D eigenvalue weighted by atomic mass is 10.2. The minimum absolute atomic E-state index is 0.222. The van der Waals surface area contributed by atoms with Gasteiger partial charge < -0.3 is 19.6 Å². The van der Waals surface area contributed by atoms with Crippen molar-refractivity contribution in [2.75, 3.05) is 18.9 Å². The van der Waals surface area contributed by atoms with Gasteiger partial charge in [-0.05, 0) is 25.0 Å². The lowest BCUT2D eigenvalue weighted by Crippen LogP contribution is -2.13. The number of hydrogen-bond donors (Lipinski definition) is 1. The molecule has 1 atom stereocenters. The summed E-state index contributed by atoms with van der Waals surface area (Å²) in [6.07, 6.45) is 2.41. The van der Waals surface area contributed by atoms with Crippen molar-refractivity contribution in [2.24, 2.45) is 0 Å². The minimum atomic E-state index is 0.222. The van der Waals surface area contributed by atoms with Crippen molar-refractivity contribution in [3.05, 3.63) is 24.1 Å². The zero-order chi connectivity index (χ0) is 12.4. The Hall–Kier alpha value is -1.59. The normalized spacial score (nSPS) is 19.7. The topological polar surface area (TPSA) is 70.5 Å². The van der Waals surface area contributed by atoms with E-state index in [1.165, 1.54) is 0 Å². The summed E-state index contributed by atoms with van der Waals surface area (Å²) >= 11 is 0. The molecule has 1 aliphatic heterocycles. The molecule has 3 rings (SSSR count). The van der Waals surface area contributed by atoms with E-state index < -0.39 is 0 Å². The van der Waals surface area contributed by atoms with Gasteiger partial charge in [0.1, 0.15) is 12.1 Å². The number of benzene rings is 1. The van der Waals surface area contributed by atoms with E-state index in [1.54, 1.807) is 0 Å². The van der Waals surface area contributed by atoms with E-state index in [1.807, 2.05) is 18.2 Å². The summed E-state index contributed by atoms with van der Waals surface area (Å²) in [6, 6.07) is 5.50. The van der Waals surface area contributed by atoms with E-state index in [2.05, 4.69) is 4.98 Å². The third-order valence-corrected chi connectivity index (χ3v) is 3.05. The largest absolute Gasteiger partial charge is 0.438 e. The number of fused-ring (bicyclic) bond motifs is 1. The molecule has 0 amide bonds. The number of nitrogens with zero attached hydrogens (tertiary/aromatic N) is 1. The molecule has 2 aromatic rings. The Balaban J connectivity index is 1.62. The highest BCUT2D eigenvalue weighted by molar-refractivity contribution is 5.85. The van der Waals surface area contributed by atoms with Gasteiger partial charge in [-0.3, -0.25) is 0 Å². The summed E-state index contributed by atoms with van der Waals surface area (Å²) in [5, 5.41) is 0. The predicted molar refractivity (Wildman–Crippen MR) is 67.1 cm³/mol. The van der Waals surface area contributed by atoms with Crippen LogP contribution < -0.4 is 5.73 Å². The van der Waals surface area contributed by atoms with Crippen LogP contribution in [0.5, 0.6) is 0 Å². The third kappa shape index (κ3) is 2.32. The van der Waals surface area contributed by atoms with Crippen molar-refractivity contribution in [3.63, 3.8) is 0 Å². The van der Waals surface area contributed by atoms with Crippen LogP contribution in [0.25, 0.3) is 11.1 Å². The molecule has 5 heteroatoms. The molecule has 1 fully saturated rings. The maximum absolute atomic E-state index is 5.81. The van der Waals surface area contributed by atoms with E-state index in [0.717, 1.165) is 19.4 Å². The molecule has 18 heavy (non-hydrogen) atoms. The van der Waals surface area contributed by atoms with E-state index in [0.29, 0.717) is 35.9 Å². The second kappa shape index (κ2) is 4.96. The summed E-state index contributed by atoms with van der Waals surface area (Å²) in [5.41, 5.74) is 7.84. The van der Waals surface area contributed by atoms with Crippen LogP contribution in [0.4, 0.5) is 5.69 Å². The van der Waals surface area contributed by atoms with Crippen LogP contribution in [0.3, 0.4) is 0 Å². The quantitative estimate of drug-likeness (QED) is 0.839. The highest BCUT2D eigenvalue weighted by atomic mass is 16.5. The van der Waals surface area contributed by atoms with Gasteiger partial charge in [-0.2, -0.15) is 0 Å². The van der Waals surface area contributed by atoms with Crippen molar-refractivity contribution in [3.8, 4) is 0 Å². The average molecular weight is 248 g/mol. The Morgan fingerprint density at radius 1 is 1.44 bits per heavy atom. The number of hydrogen-bond acceptors (Lipinski definition) is 5. The van der Waals surface area contributed by atoms with Gasteiger partial charge in [0.05, 0.1) is 18.4 Å². The number of nitrogen functional groups attached to an aromatic ring is 1. The van der Waals surface area contributed by atoms with Gasteiger partial charge in [-0.15, -0.1) is 0 Å². The fourth-order valence-corrected chi connectivity index (χ4v) is 2.13. The average Bonchev–Trinajstić information content (AvgIpc) is 2.98. The Morgan fingerprint density at radius 2 is 2.39 bits per heavy atom. The van der Waals surface area contributed by atoms with Crippen LogP contribution in [0, 0.1) is 0 Å². The molecule has 1 unspecified atom stereocenters. The first-order valence-corrected chi connectivity index (χ1v) is 6.16. The highest BCUT2D eigenvalue weighted by Crippen LogP contribution is 2.21. The van der Waals surface area contributed by atoms with Crippen molar-refractivity contribution in [2.45, 2.75) is 25.6 Å². The van der Waals surface area contributed by atoms with Crippen LogP contribution >= 0.6 is 0 Å². The van der Waals surface area contributed by atoms with Crippen LogP contribution in [-0.4, -0.2) is 24.3 Å². The molecule has 0 spiro atoms. The maximum Gasteiger partial charge on any atom is 0.221 e. The molecule has 0 aliphatic carbocycles. The summed E-state index contributed by atoms with van der Waals surface area (Å²) < 4.78 is 16.6. The zero-order valence-electron chi connectivity index (χ0n) is 10.1. The number of rotatable bonds is 4. The van der Waals surface area contributed by atoms with Gasteiger partial charge in [-0.25, -0.2) is 4.98 Å². The molecule has 1 saturated heterocycles. The Morgan fingerprint density at radius 3 is 3.17 bits per heavy atom. The maximum atomic E-state index is 5.81. The first kappa shape index (κ1) is 11.5. The monoisotopic (exact) mass is 248 g/mol. The van der Waals surface area contributed by atoms with Crippen molar-refractivity contribution in [1.29, 1.82) is 0 Å². The number of aromatic nitrogens is 1. The van der Waals surface area contributed by atoms with Gasteiger partial charge >= 0.3 is 0 Å². The first-order chi connectivity index (χ1) is 8.83. The summed E-state index contributed by atoms with van der Waals surface area (Å²) in [6.45, 7) is 1.79. The summed E-state index contributed by atoms with van der Waals surface area (Å²) in [4.78, 5) is 4.32. The van der Waals surface area contributed by atoms with Crippen molar-refractivity contribution < 1.29 is 13.9 Å². The van der Waals surface area contributed by atoms with Crippen LogP contribution in [0.2, 0.25) is 0 Å². The number of nitrogens with two attached hydrogens (primary N) is 1. The van der Waals surface area contributed by atoms with E-state index in [4.69, 9.17) is 19.6 Å². The van der Waals surface area contributed by atoms with E-state index >= 15 is 0 Å². The molecule has 2 N–H and O–H groups in total. The fourth-order valence-electron chi connectivity index (χ4n) is 2.13. The van der Waals surface area contributed by atoms with Crippen LogP contribution in [0.15, 0.2) is 22.6 Å². The molecule has 0 saturated carbocycles. The van der Waals surface area contributed by atoms with Gasteiger partial charge in [0.15, 0.2) is 5.58 Å². The molecule has 96 valence electrons. The Labute approximate surface area is 105 Å². The van der Waals surface area contributed by atoms with Gasteiger partial charge in [0.2, 0.25) is 5.89 Å². The predicted octanol–water partition coefficient (Wildman–Crippen LogP) is 2.11. The standard InChI is InChI=1S/C13H16N2O3/c14-10-4-1-5-11-13(10)15-12(18-11)8-16-7-9-3-2-6-17-9/h1,4-5,9H,2-3,6-8,14H2. The molecule has 5 nitrogen and oxygen atoms in total. The van der Waals surface area contributed by atoms with Crippen LogP contribution in [0.1, 0.15) is 18.7 Å². The number of oxazole rings is 1. The fraction of sp³-hybridized carbons (Fsp3) is 0.462. The molecular weight excluding hydrogens is 232 g/mol. The summed E-state index contributed by atoms with van der Waals surface area (Å²) in [7, 11) is 0. The first-order valence-electron chi connectivity index (χ1n) is 6.16. The zero-order valence-corrected chi connectivity index (χ0v) is 10.1. The summed E-state index contributed by atoms with van der Waals surface area (Å²) in [5.74, 6) is 0.556. The number of anilines is 1. The Bertz CT molecular complexity index is 532. The lowest BCUT2D eigenvalue weighted by Gasteiger charge is -2.08. The third-order valence-electron chi connectivity index (χ3n) is 3.05. The molecule has 0 bridgehead atoms. The minimum Gasteiger partial charge on any atom is -0.438 e. The lowest BCUT2D eigenvalue weighted by molar-refractivity contribution is 0.00489. The van der Waals surface area contributed by atoms with E-state index in [-0.39, 0.29) is 6.10 Å². The number of para-hydroxylation sites is 1. The molecule has 0 radical (unpaired) electrons. The molecular formula is C13H16N2O3. The van der Waals surface area contributed by atoms with Gasteiger partial charge in [0, 0.05) is 6.61 Å². The van der Waals surface area contributed by atoms with Crippen molar-refractivity contribution >= 4 is 16.8 Å². The van der Waals surface area contributed by atoms with E-state index in [9.17, 15) is 0 Å². The highest BCUT2D eigenvalue weighted by Gasteiger charge is 2.16. The van der Waals surface area contributed by atoms with Crippen molar-refractivity contribution in [1.82, 2.24) is 4.98 Å². The SMILES string of the molecule is Nc1cccc2oc(COCC3CCCO3)nc12.